The molecule has 1 aromatic heterocycles. The van der Waals surface area contributed by atoms with Gasteiger partial charge >= 0.3 is 0 Å². The van der Waals surface area contributed by atoms with Crippen molar-refractivity contribution in [2.45, 2.75) is 52.2 Å². The molecule has 0 bridgehead atoms. The highest BCUT2D eigenvalue weighted by Crippen LogP contribution is 2.22. The molecule has 5 nitrogen and oxygen atoms in total. The first-order chi connectivity index (χ1) is 13.2. The van der Waals surface area contributed by atoms with Gasteiger partial charge in [-0.15, -0.1) is 11.3 Å². The molecule has 1 N–H and O–H groups in total. The molecule has 3 rings (SSSR count). The molecule has 1 aliphatic rings. The number of hydrogen-bond donors (Lipinski definition) is 1. The van der Waals surface area contributed by atoms with E-state index in [9.17, 15) is 4.79 Å². The third kappa shape index (κ3) is 5.86. The summed E-state index contributed by atoms with van der Waals surface area (Å²) in [4.78, 5) is 19.4. The molecule has 1 atom stereocenters. The molecule has 6 heteroatoms. The number of hydrogen-bond acceptors (Lipinski definition) is 5. The Kier molecular flexibility index (Phi) is 7.38. The molecular formula is C21H29N3O2S. The van der Waals surface area contributed by atoms with Gasteiger partial charge in [-0.25, -0.2) is 4.98 Å². The Bertz CT molecular complexity index is 721. The average Bonchev–Trinajstić information content (AvgIpc) is 3.03. The van der Waals surface area contributed by atoms with Gasteiger partial charge in [0.05, 0.1) is 0 Å². The predicted octanol–water partition coefficient (Wildman–Crippen LogP) is 4.87. The fraction of sp³-hybridized carbons (Fsp3) is 0.524. The Balaban J connectivity index is 1.55. The van der Waals surface area contributed by atoms with E-state index < -0.39 is 0 Å². The molecule has 1 saturated heterocycles. The van der Waals surface area contributed by atoms with Crippen LogP contribution in [0.25, 0.3) is 0 Å². The molecule has 146 valence electrons. The van der Waals surface area contributed by atoms with Crippen molar-refractivity contribution in [2.24, 2.45) is 0 Å². The zero-order valence-corrected chi connectivity index (χ0v) is 17.1. The van der Waals surface area contributed by atoms with Crippen molar-refractivity contribution >= 4 is 22.9 Å². The number of rotatable bonds is 7. The van der Waals surface area contributed by atoms with Crippen LogP contribution in [0.4, 0.5) is 5.69 Å². The van der Waals surface area contributed by atoms with Crippen LogP contribution in [0, 0.1) is 0 Å². The van der Waals surface area contributed by atoms with Crippen LogP contribution in [0.5, 0.6) is 0 Å². The summed E-state index contributed by atoms with van der Waals surface area (Å²) in [6.07, 6.45) is 5.21. The van der Waals surface area contributed by atoms with Gasteiger partial charge in [0.1, 0.15) is 16.8 Å². The van der Waals surface area contributed by atoms with Crippen molar-refractivity contribution in [2.75, 3.05) is 25.0 Å². The predicted molar refractivity (Wildman–Crippen MR) is 110 cm³/mol. The second kappa shape index (κ2) is 9.97. The third-order valence-corrected chi connectivity index (χ3v) is 5.84. The summed E-state index contributed by atoms with van der Waals surface area (Å²) in [5.74, 6) is -0.179. The van der Waals surface area contributed by atoms with Crippen LogP contribution in [0.2, 0.25) is 0 Å². The van der Waals surface area contributed by atoms with Gasteiger partial charge in [0.15, 0.2) is 0 Å². The maximum absolute atomic E-state index is 12.4. The van der Waals surface area contributed by atoms with Gasteiger partial charge < -0.3 is 10.1 Å². The first-order valence-electron chi connectivity index (χ1n) is 9.85. The summed E-state index contributed by atoms with van der Waals surface area (Å²) in [6.45, 7) is 7.89. The van der Waals surface area contributed by atoms with Crippen molar-refractivity contribution in [3.63, 3.8) is 0 Å². The standard InChI is InChI=1S/C21H29N3O2S/c1-3-26-16(2)21-23-19(15-27-21)20(25)22-18-10-8-17(9-11-18)14-24-12-6-4-5-7-13-24/h8-11,15-16H,3-7,12-14H2,1-2H3,(H,22,25). The van der Waals surface area contributed by atoms with Crippen LogP contribution < -0.4 is 5.32 Å². The van der Waals surface area contributed by atoms with E-state index >= 15 is 0 Å². The molecule has 27 heavy (non-hydrogen) atoms. The summed E-state index contributed by atoms with van der Waals surface area (Å²) in [5.41, 5.74) is 2.53. The van der Waals surface area contributed by atoms with E-state index in [1.54, 1.807) is 5.38 Å². The van der Waals surface area contributed by atoms with Gasteiger partial charge in [-0.3, -0.25) is 9.69 Å². The number of likely N-dealkylation sites (tertiary alicyclic amines) is 1. The molecule has 0 radical (unpaired) electrons. The molecule has 1 aromatic carbocycles. The van der Waals surface area contributed by atoms with Crippen LogP contribution in [0.3, 0.4) is 0 Å². The van der Waals surface area contributed by atoms with Gasteiger partial charge in [-0.05, 0) is 57.5 Å². The molecular weight excluding hydrogens is 358 g/mol. The molecule has 1 aliphatic heterocycles. The Hall–Kier alpha value is -1.76. The highest BCUT2D eigenvalue weighted by Gasteiger charge is 2.15. The minimum atomic E-state index is -0.179. The Morgan fingerprint density at radius 3 is 2.59 bits per heavy atom. The van der Waals surface area contributed by atoms with E-state index in [1.165, 1.54) is 55.7 Å². The van der Waals surface area contributed by atoms with Gasteiger partial charge in [-0.1, -0.05) is 25.0 Å². The lowest BCUT2D eigenvalue weighted by Crippen LogP contribution is -2.23. The van der Waals surface area contributed by atoms with Crippen LogP contribution in [-0.2, 0) is 11.3 Å². The molecule has 0 aliphatic carbocycles. The first kappa shape index (κ1) is 20.0. The van der Waals surface area contributed by atoms with Gasteiger partial charge in [0.2, 0.25) is 0 Å². The van der Waals surface area contributed by atoms with Crippen LogP contribution in [0.15, 0.2) is 29.6 Å². The number of nitrogens with zero attached hydrogens (tertiary/aromatic N) is 2. The number of benzene rings is 1. The SMILES string of the molecule is CCOC(C)c1nc(C(=O)Nc2ccc(CN3CCCCCC3)cc2)cs1. The lowest BCUT2D eigenvalue weighted by molar-refractivity contribution is 0.0760. The van der Waals surface area contributed by atoms with Crippen molar-refractivity contribution in [3.8, 4) is 0 Å². The molecule has 0 saturated carbocycles. The molecule has 2 aromatic rings. The Labute approximate surface area is 165 Å². The monoisotopic (exact) mass is 387 g/mol. The van der Waals surface area contributed by atoms with Crippen LogP contribution in [-0.4, -0.2) is 35.5 Å². The lowest BCUT2D eigenvalue weighted by Gasteiger charge is -2.19. The zero-order valence-electron chi connectivity index (χ0n) is 16.2. The molecule has 0 spiro atoms. The summed E-state index contributed by atoms with van der Waals surface area (Å²) in [6, 6.07) is 8.15. The molecule has 1 unspecified atom stereocenters. The second-order valence-electron chi connectivity index (χ2n) is 7.01. The Morgan fingerprint density at radius 1 is 1.22 bits per heavy atom. The van der Waals surface area contributed by atoms with E-state index in [1.807, 2.05) is 26.0 Å². The number of thiazole rings is 1. The Morgan fingerprint density at radius 2 is 1.93 bits per heavy atom. The normalized spacial score (nSPS) is 16.7. The minimum absolute atomic E-state index is 0.0835. The first-order valence-corrected chi connectivity index (χ1v) is 10.7. The van der Waals surface area contributed by atoms with Crippen LogP contribution >= 0.6 is 11.3 Å². The number of aromatic nitrogens is 1. The quantitative estimate of drug-likeness (QED) is 0.736. The van der Waals surface area contributed by atoms with E-state index in [0.717, 1.165) is 17.2 Å². The highest BCUT2D eigenvalue weighted by atomic mass is 32.1. The smallest absolute Gasteiger partial charge is 0.275 e. The fourth-order valence-corrected chi connectivity index (χ4v) is 4.14. The topological polar surface area (TPSA) is 54.5 Å². The summed E-state index contributed by atoms with van der Waals surface area (Å²) < 4.78 is 5.53. The summed E-state index contributed by atoms with van der Waals surface area (Å²) in [5, 5.41) is 5.55. The minimum Gasteiger partial charge on any atom is -0.372 e. The number of carbonyl (C=O) groups is 1. The van der Waals surface area contributed by atoms with Crippen molar-refractivity contribution < 1.29 is 9.53 Å². The average molecular weight is 388 g/mol. The maximum atomic E-state index is 12.4. The van der Waals surface area contributed by atoms with Gasteiger partial charge in [0.25, 0.3) is 5.91 Å². The third-order valence-electron chi connectivity index (χ3n) is 4.84. The summed E-state index contributed by atoms with van der Waals surface area (Å²) in [7, 11) is 0. The number of carbonyl (C=O) groups excluding carboxylic acids is 1. The van der Waals surface area contributed by atoms with E-state index in [4.69, 9.17) is 4.74 Å². The number of anilines is 1. The highest BCUT2D eigenvalue weighted by molar-refractivity contribution is 7.09. The second-order valence-corrected chi connectivity index (χ2v) is 7.90. The molecule has 1 fully saturated rings. The van der Waals surface area contributed by atoms with Gasteiger partial charge in [-0.2, -0.15) is 0 Å². The lowest BCUT2D eigenvalue weighted by atomic mass is 10.2. The maximum Gasteiger partial charge on any atom is 0.275 e. The molecule has 1 amide bonds. The van der Waals surface area contributed by atoms with Gasteiger partial charge in [0, 0.05) is 24.2 Å². The van der Waals surface area contributed by atoms with Crippen molar-refractivity contribution in [3.05, 3.63) is 45.9 Å². The number of nitrogens with one attached hydrogen (secondary N) is 1. The van der Waals surface area contributed by atoms with E-state index in [2.05, 4.69) is 27.3 Å². The number of ether oxygens (including phenoxy) is 1. The zero-order chi connectivity index (χ0) is 19.1. The molecule has 2 heterocycles. The summed E-state index contributed by atoms with van der Waals surface area (Å²) >= 11 is 1.46. The van der Waals surface area contributed by atoms with E-state index in [-0.39, 0.29) is 12.0 Å². The van der Waals surface area contributed by atoms with Crippen LogP contribution in [0.1, 0.15) is 66.7 Å². The van der Waals surface area contributed by atoms with E-state index in [0.29, 0.717) is 12.3 Å². The number of amides is 1. The fourth-order valence-electron chi connectivity index (χ4n) is 3.34. The van der Waals surface area contributed by atoms with Crippen molar-refractivity contribution in [1.29, 1.82) is 0 Å². The van der Waals surface area contributed by atoms with Crippen molar-refractivity contribution in [1.82, 2.24) is 9.88 Å². The largest absolute Gasteiger partial charge is 0.372 e.